The number of benzene rings is 1. The van der Waals surface area contributed by atoms with E-state index in [4.69, 9.17) is 0 Å². The standard InChI is InChI=1S/C20H31F3N4O.HI/c1-5-24-19(26-12-10-18(28)27-14(2)3)25-11-9-15(4)16-7-6-8-17(13-16)20(21,22)23;/h6-8,13-15H,5,9-12H2,1-4H3,(H,27,28)(H2,24,25,26);1H. The van der Waals surface area contributed by atoms with E-state index < -0.39 is 11.7 Å². The maximum absolute atomic E-state index is 12.9. The van der Waals surface area contributed by atoms with E-state index in [2.05, 4.69) is 20.9 Å². The van der Waals surface area contributed by atoms with Gasteiger partial charge in [-0.15, -0.1) is 24.0 Å². The molecule has 0 aromatic heterocycles. The summed E-state index contributed by atoms with van der Waals surface area (Å²) in [5.74, 6) is 0.512. The fourth-order valence-electron chi connectivity index (χ4n) is 2.59. The Balaban J connectivity index is 0.00000784. The van der Waals surface area contributed by atoms with E-state index in [0.717, 1.165) is 6.07 Å². The van der Waals surface area contributed by atoms with Gasteiger partial charge in [0.05, 0.1) is 5.56 Å². The van der Waals surface area contributed by atoms with E-state index in [1.165, 1.54) is 12.1 Å². The molecule has 1 atom stereocenters. The van der Waals surface area contributed by atoms with Gasteiger partial charge in [-0.2, -0.15) is 13.2 Å². The van der Waals surface area contributed by atoms with Crippen molar-refractivity contribution >= 4 is 35.8 Å². The highest BCUT2D eigenvalue weighted by Crippen LogP contribution is 2.31. The summed E-state index contributed by atoms with van der Waals surface area (Å²) in [5, 5.41) is 9.02. The van der Waals surface area contributed by atoms with Crippen LogP contribution in [-0.4, -0.2) is 37.5 Å². The van der Waals surface area contributed by atoms with Crippen LogP contribution in [0.25, 0.3) is 0 Å². The van der Waals surface area contributed by atoms with Gasteiger partial charge in [0.1, 0.15) is 0 Å². The summed E-state index contributed by atoms with van der Waals surface area (Å²) in [5.41, 5.74) is 0.0170. The first-order valence-electron chi connectivity index (χ1n) is 9.62. The number of nitrogens with one attached hydrogen (secondary N) is 3. The van der Waals surface area contributed by atoms with Crippen LogP contribution in [0.15, 0.2) is 29.3 Å². The number of amides is 1. The van der Waals surface area contributed by atoms with Gasteiger partial charge in [-0.1, -0.05) is 25.1 Å². The smallest absolute Gasteiger partial charge is 0.357 e. The third kappa shape index (κ3) is 11.3. The second kappa shape index (κ2) is 13.7. The molecule has 0 radical (unpaired) electrons. The first-order chi connectivity index (χ1) is 13.1. The van der Waals surface area contributed by atoms with Gasteiger partial charge >= 0.3 is 6.18 Å². The Hall–Kier alpha value is -1.52. The molecule has 0 aliphatic heterocycles. The number of nitrogens with zero attached hydrogens (tertiary/aromatic N) is 1. The molecule has 29 heavy (non-hydrogen) atoms. The molecule has 9 heteroatoms. The molecule has 166 valence electrons. The van der Waals surface area contributed by atoms with E-state index in [-0.39, 0.29) is 41.8 Å². The number of carbonyl (C=O) groups is 1. The lowest BCUT2D eigenvalue weighted by Crippen LogP contribution is -2.40. The van der Waals surface area contributed by atoms with Crippen molar-refractivity contribution in [1.29, 1.82) is 0 Å². The monoisotopic (exact) mass is 528 g/mol. The van der Waals surface area contributed by atoms with Gasteiger partial charge in [-0.05, 0) is 44.7 Å². The summed E-state index contributed by atoms with van der Waals surface area (Å²) in [6, 6.07) is 5.53. The number of hydrogen-bond donors (Lipinski definition) is 3. The van der Waals surface area contributed by atoms with Crippen molar-refractivity contribution in [2.75, 3.05) is 19.6 Å². The van der Waals surface area contributed by atoms with Crippen molar-refractivity contribution in [3.63, 3.8) is 0 Å². The molecule has 0 saturated heterocycles. The number of rotatable bonds is 9. The van der Waals surface area contributed by atoms with E-state index in [1.807, 2.05) is 27.7 Å². The lowest BCUT2D eigenvalue weighted by atomic mass is 9.96. The van der Waals surface area contributed by atoms with Gasteiger partial charge in [0.25, 0.3) is 0 Å². The van der Waals surface area contributed by atoms with E-state index in [9.17, 15) is 18.0 Å². The fourth-order valence-corrected chi connectivity index (χ4v) is 2.59. The topological polar surface area (TPSA) is 65.5 Å². The largest absolute Gasteiger partial charge is 0.416 e. The Morgan fingerprint density at radius 2 is 1.86 bits per heavy atom. The highest BCUT2D eigenvalue weighted by molar-refractivity contribution is 14.0. The van der Waals surface area contributed by atoms with Crippen LogP contribution >= 0.6 is 24.0 Å². The summed E-state index contributed by atoms with van der Waals surface area (Å²) >= 11 is 0. The maximum Gasteiger partial charge on any atom is 0.416 e. The first kappa shape index (κ1) is 27.5. The molecule has 0 aliphatic carbocycles. The Labute approximate surface area is 188 Å². The van der Waals surface area contributed by atoms with Crippen molar-refractivity contribution in [3.8, 4) is 0 Å². The third-order valence-electron chi connectivity index (χ3n) is 4.05. The SMILES string of the molecule is CCNC(=NCCC(C)c1cccc(C(F)(F)F)c1)NCCC(=O)NC(C)C.I. The highest BCUT2D eigenvalue weighted by atomic mass is 127. The molecule has 1 unspecified atom stereocenters. The zero-order valence-corrected chi connectivity index (χ0v) is 19.7. The molecule has 1 aromatic rings. The Morgan fingerprint density at radius 1 is 1.17 bits per heavy atom. The number of guanidine groups is 1. The molecule has 0 bridgehead atoms. The Bertz CT molecular complexity index is 651. The minimum Gasteiger partial charge on any atom is -0.357 e. The first-order valence-corrected chi connectivity index (χ1v) is 9.62. The third-order valence-corrected chi connectivity index (χ3v) is 4.05. The van der Waals surface area contributed by atoms with Crippen LogP contribution in [-0.2, 0) is 11.0 Å². The van der Waals surface area contributed by atoms with Crippen LogP contribution in [0.1, 0.15) is 57.6 Å². The van der Waals surface area contributed by atoms with Crippen molar-refractivity contribution in [2.24, 2.45) is 4.99 Å². The Morgan fingerprint density at radius 3 is 2.45 bits per heavy atom. The van der Waals surface area contributed by atoms with Gasteiger partial charge < -0.3 is 16.0 Å². The summed E-state index contributed by atoms with van der Waals surface area (Å²) in [6.07, 6.45) is -3.38. The zero-order valence-electron chi connectivity index (χ0n) is 17.4. The summed E-state index contributed by atoms with van der Waals surface area (Å²) < 4.78 is 38.6. The summed E-state index contributed by atoms with van der Waals surface area (Å²) in [6.45, 7) is 9.23. The van der Waals surface area contributed by atoms with Crippen LogP contribution in [0.5, 0.6) is 0 Å². The van der Waals surface area contributed by atoms with Gasteiger partial charge in [-0.25, -0.2) is 0 Å². The van der Waals surface area contributed by atoms with Crippen molar-refractivity contribution in [3.05, 3.63) is 35.4 Å². The molecule has 0 heterocycles. The molecule has 0 spiro atoms. The molecule has 3 N–H and O–H groups in total. The predicted octanol–water partition coefficient (Wildman–Crippen LogP) is 4.29. The molecule has 0 aliphatic rings. The van der Waals surface area contributed by atoms with Crippen LogP contribution in [0.2, 0.25) is 0 Å². The minimum atomic E-state index is -4.34. The molecule has 1 aromatic carbocycles. The number of halogens is 4. The number of alkyl halides is 3. The van der Waals surface area contributed by atoms with Crippen molar-refractivity contribution in [1.82, 2.24) is 16.0 Å². The average Bonchev–Trinajstić information content (AvgIpc) is 2.60. The number of aliphatic imine (C=N–C) groups is 1. The molecular formula is C20H32F3IN4O. The lowest BCUT2D eigenvalue weighted by Gasteiger charge is -2.15. The van der Waals surface area contributed by atoms with Crippen LogP contribution < -0.4 is 16.0 Å². The highest BCUT2D eigenvalue weighted by Gasteiger charge is 2.30. The van der Waals surface area contributed by atoms with E-state index in [1.54, 1.807) is 6.07 Å². The van der Waals surface area contributed by atoms with Gasteiger partial charge in [0, 0.05) is 32.1 Å². The zero-order chi connectivity index (χ0) is 21.2. The predicted molar refractivity (Wildman–Crippen MR) is 122 cm³/mol. The van der Waals surface area contributed by atoms with Crippen LogP contribution in [0.3, 0.4) is 0 Å². The molecule has 0 fully saturated rings. The second-order valence-corrected chi connectivity index (χ2v) is 6.97. The van der Waals surface area contributed by atoms with Gasteiger partial charge in [0.15, 0.2) is 5.96 Å². The van der Waals surface area contributed by atoms with Crippen LogP contribution in [0, 0.1) is 0 Å². The molecule has 0 saturated carbocycles. The summed E-state index contributed by atoms with van der Waals surface area (Å²) in [4.78, 5) is 16.1. The van der Waals surface area contributed by atoms with Gasteiger partial charge in [0.2, 0.25) is 5.91 Å². The average molecular weight is 528 g/mol. The minimum absolute atomic E-state index is 0. The maximum atomic E-state index is 12.9. The summed E-state index contributed by atoms with van der Waals surface area (Å²) in [7, 11) is 0. The molecule has 1 rings (SSSR count). The second-order valence-electron chi connectivity index (χ2n) is 6.97. The van der Waals surface area contributed by atoms with Gasteiger partial charge in [-0.3, -0.25) is 9.79 Å². The quantitative estimate of drug-likeness (QED) is 0.255. The van der Waals surface area contributed by atoms with Crippen molar-refractivity contribution < 1.29 is 18.0 Å². The molecule has 1 amide bonds. The van der Waals surface area contributed by atoms with Crippen molar-refractivity contribution in [2.45, 2.75) is 58.7 Å². The van der Waals surface area contributed by atoms with E-state index >= 15 is 0 Å². The van der Waals surface area contributed by atoms with Crippen LogP contribution in [0.4, 0.5) is 13.2 Å². The van der Waals surface area contributed by atoms with E-state index in [0.29, 0.717) is 44.0 Å². The lowest BCUT2D eigenvalue weighted by molar-refractivity contribution is -0.137. The molecule has 5 nitrogen and oxygen atoms in total. The normalized spacial score (nSPS) is 12.9. The Kier molecular flexibility index (Phi) is 12.9. The number of hydrogen-bond acceptors (Lipinski definition) is 2. The number of carbonyl (C=O) groups excluding carboxylic acids is 1. The fraction of sp³-hybridized carbons (Fsp3) is 0.600. The molecular weight excluding hydrogens is 496 g/mol.